The molecule has 0 aromatic heterocycles. The summed E-state index contributed by atoms with van der Waals surface area (Å²) < 4.78 is 10.6. The first-order chi connectivity index (χ1) is 9.17. The molecule has 5 nitrogen and oxygen atoms in total. The Kier molecular flexibility index (Phi) is 5.96. The van der Waals surface area contributed by atoms with Gasteiger partial charge in [0.15, 0.2) is 0 Å². The van der Waals surface area contributed by atoms with Crippen LogP contribution >= 0.6 is 0 Å². The highest BCUT2D eigenvalue weighted by Crippen LogP contribution is 2.26. The summed E-state index contributed by atoms with van der Waals surface area (Å²) in [6, 6.07) is 7.17. The highest BCUT2D eigenvalue weighted by Gasteiger charge is 2.04. The zero-order valence-electron chi connectivity index (χ0n) is 10.6. The van der Waals surface area contributed by atoms with E-state index in [9.17, 15) is 4.79 Å². The molecule has 0 aliphatic rings. The van der Waals surface area contributed by atoms with Crippen molar-refractivity contribution in [2.45, 2.75) is 12.8 Å². The molecule has 0 saturated carbocycles. The number of carboxylic acids is 1. The number of hydrogen-bond donors (Lipinski definition) is 1. The van der Waals surface area contributed by atoms with Crippen LogP contribution in [0.4, 0.5) is 0 Å². The molecule has 0 aliphatic carbocycles. The lowest BCUT2D eigenvalue weighted by atomic mass is 10.1. The summed E-state index contributed by atoms with van der Waals surface area (Å²) in [5.41, 5.74) is 0.653. The van der Waals surface area contributed by atoms with Crippen LogP contribution in [0.1, 0.15) is 18.4 Å². The minimum Gasteiger partial charge on any atom is -0.497 e. The number of carboxylic acid groups (broad SMARTS) is 1. The van der Waals surface area contributed by atoms with Crippen molar-refractivity contribution in [2.75, 3.05) is 13.7 Å². The molecule has 0 fully saturated rings. The van der Waals surface area contributed by atoms with Crippen LogP contribution in [0.25, 0.3) is 6.08 Å². The second-order valence-corrected chi connectivity index (χ2v) is 3.69. The summed E-state index contributed by atoms with van der Waals surface area (Å²) in [4.78, 5) is 10.5. The number of rotatable bonds is 7. The minimum absolute atomic E-state index is 0.397. The van der Waals surface area contributed by atoms with Crippen molar-refractivity contribution in [2.24, 2.45) is 0 Å². The molecule has 1 N–H and O–H groups in total. The van der Waals surface area contributed by atoms with E-state index in [2.05, 4.69) is 0 Å². The standard InChI is InChI=1S/C14H15NO4/c1-18-12-6-4-11(5-7-14(16)17)13(10-12)19-9-3-2-8-15/h4-7,10H,2-3,9H2,1H3,(H,16,17). The van der Waals surface area contributed by atoms with Crippen LogP contribution in [0.3, 0.4) is 0 Å². The van der Waals surface area contributed by atoms with E-state index in [1.165, 1.54) is 6.08 Å². The van der Waals surface area contributed by atoms with Crippen LogP contribution in [-0.2, 0) is 4.79 Å². The molecule has 0 spiro atoms. The molecule has 0 saturated heterocycles. The van der Waals surface area contributed by atoms with E-state index in [0.29, 0.717) is 36.5 Å². The average Bonchev–Trinajstić information content (AvgIpc) is 2.41. The third-order valence-corrected chi connectivity index (χ3v) is 2.32. The van der Waals surface area contributed by atoms with Crippen molar-refractivity contribution in [1.82, 2.24) is 0 Å². The topological polar surface area (TPSA) is 79.6 Å². The Bertz CT molecular complexity index is 503. The van der Waals surface area contributed by atoms with Gasteiger partial charge in [0.05, 0.1) is 19.8 Å². The number of nitrogens with zero attached hydrogens (tertiary/aromatic N) is 1. The lowest BCUT2D eigenvalue weighted by molar-refractivity contribution is -0.131. The first kappa shape index (κ1) is 14.6. The molecule has 100 valence electrons. The molecule has 1 aromatic rings. The van der Waals surface area contributed by atoms with Gasteiger partial charge in [-0.1, -0.05) is 0 Å². The van der Waals surface area contributed by atoms with Gasteiger partial charge in [0.2, 0.25) is 0 Å². The number of nitriles is 1. The van der Waals surface area contributed by atoms with Gasteiger partial charge in [-0.3, -0.25) is 0 Å². The Morgan fingerprint density at radius 3 is 2.95 bits per heavy atom. The number of hydrogen-bond acceptors (Lipinski definition) is 4. The van der Waals surface area contributed by atoms with Crippen molar-refractivity contribution < 1.29 is 19.4 Å². The minimum atomic E-state index is -1.02. The van der Waals surface area contributed by atoms with Crippen molar-refractivity contribution in [3.63, 3.8) is 0 Å². The van der Waals surface area contributed by atoms with Gasteiger partial charge in [0, 0.05) is 24.1 Å². The van der Waals surface area contributed by atoms with E-state index in [1.54, 1.807) is 25.3 Å². The molecule has 1 rings (SSSR count). The summed E-state index contributed by atoms with van der Waals surface area (Å²) in [5, 5.41) is 17.1. The van der Waals surface area contributed by atoms with Crippen molar-refractivity contribution in [1.29, 1.82) is 5.26 Å². The number of unbranched alkanes of at least 4 members (excludes halogenated alkanes) is 1. The highest BCUT2D eigenvalue weighted by molar-refractivity contribution is 5.86. The summed E-state index contributed by atoms with van der Waals surface area (Å²) in [5.74, 6) is 0.142. The Morgan fingerprint density at radius 1 is 1.53 bits per heavy atom. The van der Waals surface area contributed by atoms with Crippen molar-refractivity contribution in [3.05, 3.63) is 29.8 Å². The quantitative estimate of drug-likeness (QED) is 0.602. The second-order valence-electron chi connectivity index (χ2n) is 3.69. The Hall–Kier alpha value is -2.48. The van der Waals surface area contributed by atoms with Gasteiger partial charge in [-0.25, -0.2) is 4.79 Å². The Labute approximate surface area is 111 Å². The fraction of sp³-hybridized carbons (Fsp3) is 0.286. The summed E-state index contributed by atoms with van der Waals surface area (Å²) in [6.07, 6.45) is 3.55. The molecule has 0 unspecified atom stereocenters. The predicted molar refractivity (Wildman–Crippen MR) is 70.0 cm³/mol. The average molecular weight is 261 g/mol. The maximum Gasteiger partial charge on any atom is 0.328 e. The molecule has 19 heavy (non-hydrogen) atoms. The van der Waals surface area contributed by atoms with E-state index in [4.69, 9.17) is 19.8 Å². The predicted octanol–water partition coefficient (Wildman–Crippen LogP) is 2.48. The number of carbonyl (C=O) groups is 1. The number of benzene rings is 1. The smallest absolute Gasteiger partial charge is 0.328 e. The molecule has 0 radical (unpaired) electrons. The van der Waals surface area contributed by atoms with Crippen molar-refractivity contribution >= 4 is 12.0 Å². The molecule has 0 amide bonds. The van der Waals surface area contributed by atoms with Gasteiger partial charge in [-0.2, -0.15) is 5.26 Å². The van der Waals surface area contributed by atoms with Gasteiger partial charge in [-0.15, -0.1) is 0 Å². The van der Waals surface area contributed by atoms with E-state index < -0.39 is 5.97 Å². The first-order valence-electron chi connectivity index (χ1n) is 5.76. The lowest BCUT2D eigenvalue weighted by Gasteiger charge is -2.10. The zero-order valence-corrected chi connectivity index (χ0v) is 10.6. The molecular weight excluding hydrogens is 246 g/mol. The maximum atomic E-state index is 10.5. The molecule has 1 aromatic carbocycles. The molecular formula is C14H15NO4. The van der Waals surface area contributed by atoms with Crippen LogP contribution in [-0.4, -0.2) is 24.8 Å². The monoisotopic (exact) mass is 261 g/mol. The normalized spacial score (nSPS) is 10.1. The fourth-order valence-corrected chi connectivity index (χ4v) is 1.40. The zero-order chi connectivity index (χ0) is 14.1. The van der Waals surface area contributed by atoms with Gasteiger partial charge in [-0.05, 0) is 24.6 Å². The lowest BCUT2D eigenvalue weighted by Crippen LogP contribution is -1.99. The molecule has 5 heteroatoms. The van der Waals surface area contributed by atoms with Gasteiger partial charge >= 0.3 is 5.97 Å². The van der Waals surface area contributed by atoms with E-state index in [-0.39, 0.29) is 0 Å². The Morgan fingerprint density at radius 2 is 2.32 bits per heavy atom. The van der Waals surface area contributed by atoms with Gasteiger partial charge in [0.25, 0.3) is 0 Å². The Balaban J connectivity index is 2.83. The summed E-state index contributed by atoms with van der Waals surface area (Å²) >= 11 is 0. The van der Waals surface area contributed by atoms with E-state index in [0.717, 1.165) is 6.08 Å². The molecule has 0 aliphatic heterocycles. The second kappa shape index (κ2) is 7.77. The molecule has 0 heterocycles. The summed E-state index contributed by atoms with van der Waals surface area (Å²) in [7, 11) is 1.54. The van der Waals surface area contributed by atoms with Gasteiger partial charge < -0.3 is 14.6 Å². The third kappa shape index (κ3) is 5.13. The van der Waals surface area contributed by atoms with Crippen LogP contribution in [0, 0.1) is 11.3 Å². The maximum absolute atomic E-state index is 10.5. The number of methoxy groups -OCH3 is 1. The van der Waals surface area contributed by atoms with Crippen LogP contribution in [0.2, 0.25) is 0 Å². The summed E-state index contributed by atoms with van der Waals surface area (Å²) in [6.45, 7) is 0.397. The van der Waals surface area contributed by atoms with Crippen molar-refractivity contribution in [3.8, 4) is 17.6 Å². The van der Waals surface area contributed by atoms with Crippen LogP contribution in [0.5, 0.6) is 11.5 Å². The van der Waals surface area contributed by atoms with Crippen LogP contribution in [0.15, 0.2) is 24.3 Å². The van der Waals surface area contributed by atoms with E-state index >= 15 is 0 Å². The largest absolute Gasteiger partial charge is 0.497 e. The third-order valence-electron chi connectivity index (χ3n) is 2.32. The van der Waals surface area contributed by atoms with Crippen LogP contribution < -0.4 is 9.47 Å². The van der Waals surface area contributed by atoms with E-state index in [1.807, 2.05) is 6.07 Å². The first-order valence-corrected chi connectivity index (χ1v) is 5.76. The SMILES string of the molecule is COc1ccc(C=CC(=O)O)c(OCCCC#N)c1. The number of ether oxygens (including phenoxy) is 2. The fourth-order valence-electron chi connectivity index (χ4n) is 1.40. The van der Waals surface area contributed by atoms with Gasteiger partial charge in [0.1, 0.15) is 11.5 Å². The number of aliphatic carboxylic acids is 1. The molecule has 0 atom stereocenters. The highest BCUT2D eigenvalue weighted by atomic mass is 16.5. The molecule has 0 bridgehead atoms.